The van der Waals surface area contributed by atoms with Crippen LogP contribution in [0.25, 0.3) is 0 Å². The van der Waals surface area contributed by atoms with E-state index in [4.69, 9.17) is 0 Å². The summed E-state index contributed by atoms with van der Waals surface area (Å²) >= 11 is 1.49. The topological polar surface area (TPSA) is 121 Å². The number of rotatable bonds is 10. The van der Waals surface area contributed by atoms with E-state index in [0.717, 1.165) is 53.4 Å². The number of aliphatic hydroxyl groups excluding tert-OH is 1. The zero-order chi connectivity index (χ0) is 27.9. The average Bonchev–Trinajstić information content (AvgIpc) is 3.43. The summed E-state index contributed by atoms with van der Waals surface area (Å²) < 4.78 is 0. The fraction of sp³-hybridized carbons (Fsp3) is 0.333. The number of carbonyl (C=O) groups excluding carboxylic acids is 2. The first-order valence-corrected chi connectivity index (χ1v) is 14.2. The lowest BCUT2D eigenvalue weighted by atomic mass is 9.94. The number of aliphatic hydroxyl groups is 1. The highest BCUT2D eigenvalue weighted by Crippen LogP contribution is 2.32. The number of hydrogen-bond donors (Lipinski definition) is 2. The molecule has 5 rings (SSSR count). The lowest BCUT2D eigenvalue weighted by Gasteiger charge is -2.31. The van der Waals surface area contributed by atoms with Gasteiger partial charge < -0.3 is 15.3 Å². The van der Waals surface area contributed by atoms with Crippen molar-refractivity contribution in [2.75, 3.05) is 29.9 Å². The van der Waals surface area contributed by atoms with Crippen LogP contribution in [0.1, 0.15) is 51.4 Å². The number of anilines is 2. The Morgan fingerprint density at radius 2 is 1.77 bits per heavy atom. The van der Waals surface area contributed by atoms with Gasteiger partial charge in [0, 0.05) is 19.0 Å². The normalized spacial score (nSPS) is 14.6. The van der Waals surface area contributed by atoms with Crippen LogP contribution in [0, 0.1) is 6.92 Å². The smallest absolute Gasteiger partial charge is 0.229 e. The Morgan fingerprint density at radius 1 is 0.975 bits per heavy atom. The lowest BCUT2D eigenvalue weighted by Crippen LogP contribution is -2.33. The number of carbonyl (C=O) groups is 2. The predicted octanol–water partition coefficient (Wildman–Crippen LogP) is 4.09. The molecule has 2 N–H and O–H groups in total. The maximum atomic E-state index is 12.8. The average molecular weight is 557 g/mol. The van der Waals surface area contributed by atoms with Crippen LogP contribution in [-0.4, -0.2) is 56.9 Å². The van der Waals surface area contributed by atoms with Gasteiger partial charge >= 0.3 is 0 Å². The third-order valence-corrected chi connectivity index (χ3v) is 8.20. The number of hydrogen-bond acceptors (Lipinski definition) is 9. The molecule has 9 nitrogen and oxygen atoms in total. The number of ketones is 1. The molecule has 4 aromatic rings. The number of nitrogens with zero attached hydrogens (tertiary/aromatic N) is 5. The Hall–Kier alpha value is -4.02. The van der Waals surface area contributed by atoms with Crippen LogP contribution in [0.3, 0.4) is 0 Å². The van der Waals surface area contributed by atoms with Gasteiger partial charge in [-0.15, -0.1) is 31.7 Å². The summed E-state index contributed by atoms with van der Waals surface area (Å²) in [6.45, 7) is 3.38. The van der Waals surface area contributed by atoms with Crippen molar-refractivity contribution in [1.82, 2.24) is 20.4 Å². The second kappa shape index (κ2) is 12.9. The van der Waals surface area contributed by atoms with E-state index >= 15 is 0 Å². The third kappa shape index (κ3) is 6.94. The molecular weight excluding hydrogens is 524 g/mol. The molecule has 1 fully saturated rings. The van der Waals surface area contributed by atoms with Gasteiger partial charge in [0.15, 0.2) is 11.6 Å². The Labute approximate surface area is 237 Å². The first-order valence-electron chi connectivity index (χ1n) is 13.4. The predicted molar refractivity (Wildman–Crippen MR) is 155 cm³/mol. The molecule has 1 amide bonds. The van der Waals surface area contributed by atoms with Gasteiger partial charge in [0.1, 0.15) is 15.8 Å². The van der Waals surface area contributed by atoms with E-state index in [1.165, 1.54) is 11.3 Å². The van der Waals surface area contributed by atoms with Crippen molar-refractivity contribution >= 4 is 34.7 Å². The largest absolute Gasteiger partial charge is 0.395 e. The highest BCUT2D eigenvalue weighted by Gasteiger charge is 2.26. The molecule has 0 radical (unpaired) electrons. The van der Waals surface area contributed by atoms with Crippen molar-refractivity contribution in [2.45, 2.75) is 44.4 Å². The van der Waals surface area contributed by atoms with Gasteiger partial charge in [0.25, 0.3) is 0 Å². The third-order valence-electron chi connectivity index (χ3n) is 7.11. The van der Waals surface area contributed by atoms with Crippen LogP contribution in [0.15, 0.2) is 66.7 Å². The Bertz CT molecular complexity index is 1440. The minimum Gasteiger partial charge on any atom is -0.395 e. The van der Waals surface area contributed by atoms with E-state index in [0.29, 0.717) is 10.8 Å². The summed E-state index contributed by atoms with van der Waals surface area (Å²) in [7, 11) is 0. The molecule has 1 aliphatic rings. The first-order chi connectivity index (χ1) is 19.5. The van der Waals surface area contributed by atoms with Gasteiger partial charge in [0.2, 0.25) is 5.91 Å². The van der Waals surface area contributed by atoms with Crippen LogP contribution in [0.2, 0.25) is 0 Å². The number of benzene rings is 2. The SMILES string of the molecule is Cc1cccc(CC(=O)Nc2ccc(N3CCC(c4nnc(CC(=O)C(CO)c5ccccc5)s4)CC3)nn2)c1. The second-order valence-corrected chi connectivity index (χ2v) is 11.2. The maximum absolute atomic E-state index is 12.8. The Morgan fingerprint density at radius 3 is 2.48 bits per heavy atom. The van der Waals surface area contributed by atoms with E-state index < -0.39 is 5.92 Å². The van der Waals surface area contributed by atoms with E-state index in [9.17, 15) is 14.7 Å². The zero-order valence-electron chi connectivity index (χ0n) is 22.4. The van der Waals surface area contributed by atoms with Gasteiger partial charge in [-0.25, -0.2) is 0 Å². The highest BCUT2D eigenvalue weighted by atomic mass is 32.1. The van der Waals surface area contributed by atoms with Crippen LogP contribution in [0.4, 0.5) is 11.6 Å². The van der Waals surface area contributed by atoms with Crippen LogP contribution >= 0.6 is 11.3 Å². The van der Waals surface area contributed by atoms with E-state index in [1.54, 1.807) is 6.07 Å². The zero-order valence-corrected chi connectivity index (χ0v) is 23.2. The van der Waals surface area contributed by atoms with Crippen molar-refractivity contribution in [3.05, 3.63) is 93.4 Å². The summed E-state index contributed by atoms with van der Waals surface area (Å²) in [5.41, 5.74) is 2.89. The molecule has 3 heterocycles. The standard InChI is InChI=1S/C30H32N6O3S/c1-20-6-5-7-21(16-20)17-28(39)31-26-10-11-27(33-32-26)36-14-12-23(13-15-36)30-35-34-29(40-30)18-25(38)24(19-37)22-8-3-2-4-9-22/h2-11,16,23-24,37H,12-15,17-19H2,1H3,(H,31,32,39). The molecule has 0 bridgehead atoms. The second-order valence-electron chi connectivity index (χ2n) is 10.1. The highest BCUT2D eigenvalue weighted by molar-refractivity contribution is 7.11. The molecule has 1 unspecified atom stereocenters. The van der Waals surface area contributed by atoms with Gasteiger partial charge in [-0.2, -0.15) is 0 Å². The quantitative estimate of drug-likeness (QED) is 0.300. The molecule has 1 aliphatic heterocycles. The summed E-state index contributed by atoms with van der Waals surface area (Å²) in [4.78, 5) is 27.4. The van der Waals surface area contributed by atoms with Crippen molar-refractivity contribution in [3.63, 3.8) is 0 Å². The molecular formula is C30H32N6O3S. The van der Waals surface area contributed by atoms with Crippen molar-refractivity contribution < 1.29 is 14.7 Å². The van der Waals surface area contributed by atoms with Crippen molar-refractivity contribution in [1.29, 1.82) is 0 Å². The van der Waals surface area contributed by atoms with E-state index in [-0.39, 0.29) is 37.1 Å². The Kier molecular flexibility index (Phi) is 8.87. The fourth-order valence-electron chi connectivity index (χ4n) is 4.96. The van der Waals surface area contributed by atoms with Gasteiger partial charge in [0.05, 0.1) is 25.4 Å². The summed E-state index contributed by atoms with van der Waals surface area (Å²) in [5.74, 6) is 0.745. The lowest BCUT2D eigenvalue weighted by molar-refractivity contribution is -0.120. The minimum absolute atomic E-state index is 0.0559. The molecule has 206 valence electrons. The molecule has 0 spiro atoms. The molecule has 10 heteroatoms. The number of aryl methyl sites for hydroxylation is 1. The maximum Gasteiger partial charge on any atom is 0.229 e. The monoisotopic (exact) mass is 556 g/mol. The van der Waals surface area contributed by atoms with E-state index in [1.807, 2.05) is 67.6 Å². The molecule has 40 heavy (non-hydrogen) atoms. The minimum atomic E-state index is -0.550. The van der Waals surface area contributed by atoms with Gasteiger partial charge in [-0.1, -0.05) is 60.2 Å². The van der Waals surface area contributed by atoms with E-state index in [2.05, 4.69) is 30.6 Å². The van der Waals surface area contributed by atoms with Crippen molar-refractivity contribution in [2.24, 2.45) is 0 Å². The molecule has 1 saturated heterocycles. The summed E-state index contributed by atoms with van der Waals surface area (Å²) in [6.07, 6.45) is 2.24. The van der Waals surface area contributed by atoms with Gasteiger partial charge in [-0.05, 0) is 43.0 Å². The van der Waals surface area contributed by atoms with Crippen LogP contribution in [0.5, 0.6) is 0 Å². The van der Waals surface area contributed by atoms with Crippen molar-refractivity contribution in [3.8, 4) is 0 Å². The molecule has 2 aromatic heterocycles. The molecule has 0 aliphatic carbocycles. The number of aromatic nitrogens is 4. The number of Topliss-reactive ketones (excluding diaryl/α,β-unsaturated/α-hetero) is 1. The fourth-order valence-corrected chi connectivity index (χ4v) is 5.99. The number of amides is 1. The first kappa shape index (κ1) is 27.5. The van der Waals surface area contributed by atoms with Gasteiger partial charge in [-0.3, -0.25) is 9.59 Å². The number of nitrogens with one attached hydrogen (secondary N) is 1. The van der Waals surface area contributed by atoms with Crippen LogP contribution < -0.4 is 10.2 Å². The summed E-state index contributed by atoms with van der Waals surface area (Å²) in [6, 6.07) is 20.9. The molecule has 2 aromatic carbocycles. The number of piperidine rings is 1. The Balaban J connectivity index is 1.11. The molecule has 1 atom stereocenters. The molecule has 0 saturated carbocycles. The summed E-state index contributed by atoms with van der Waals surface area (Å²) in [5, 5.41) is 31.5. The van der Waals surface area contributed by atoms with Crippen LogP contribution in [-0.2, 0) is 22.4 Å².